The average molecular weight is 298 g/mol. The molecule has 1 saturated heterocycles. The van der Waals surface area contributed by atoms with Crippen LogP contribution in [0, 0.1) is 0 Å². The van der Waals surface area contributed by atoms with Gasteiger partial charge in [0, 0.05) is 33.2 Å². The lowest BCUT2D eigenvalue weighted by Gasteiger charge is -2.33. The van der Waals surface area contributed by atoms with Gasteiger partial charge in [-0.1, -0.05) is 12.1 Å². The highest BCUT2D eigenvalue weighted by Gasteiger charge is 2.21. The molecule has 3 aromatic rings. The Labute approximate surface area is 128 Å². The number of anilines is 1. The molecule has 0 aliphatic carbocycles. The maximum absolute atomic E-state index is 5.84. The van der Waals surface area contributed by atoms with Crippen molar-refractivity contribution in [1.29, 1.82) is 0 Å². The van der Waals surface area contributed by atoms with Crippen LogP contribution in [0.1, 0.15) is 5.82 Å². The summed E-state index contributed by atoms with van der Waals surface area (Å²) in [4.78, 5) is 9.15. The summed E-state index contributed by atoms with van der Waals surface area (Å²) in [6.07, 6.45) is 1.74. The normalized spacial score (nSPS) is 16.5. The Morgan fingerprint density at radius 2 is 1.95 bits per heavy atom. The minimum absolute atomic E-state index is 0.722. The SMILES string of the molecule is Cn1cnnc1CN1CCN(c2nc3ccccc3o2)CC1. The second-order valence-electron chi connectivity index (χ2n) is 5.59. The molecule has 0 amide bonds. The van der Waals surface area contributed by atoms with Gasteiger partial charge < -0.3 is 13.9 Å². The zero-order valence-electron chi connectivity index (χ0n) is 12.5. The Balaban J connectivity index is 1.42. The van der Waals surface area contributed by atoms with Crippen LogP contribution in [-0.2, 0) is 13.6 Å². The quantitative estimate of drug-likeness (QED) is 0.726. The summed E-state index contributed by atoms with van der Waals surface area (Å²) in [5, 5.41) is 8.07. The van der Waals surface area contributed by atoms with E-state index in [1.165, 1.54) is 0 Å². The molecule has 7 nitrogen and oxygen atoms in total. The van der Waals surface area contributed by atoms with Crippen LogP contribution in [0.25, 0.3) is 11.1 Å². The molecule has 0 bridgehead atoms. The Hall–Kier alpha value is -2.41. The lowest BCUT2D eigenvalue weighted by molar-refractivity contribution is 0.237. The van der Waals surface area contributed by atoms with Crippen molar-refractivity contribution in [3.05, 3.63) is 36.4 Å². The molecule has 1 fully saturated rings. The standard InChI is InChI=1S/C15H18N6O/c1-19-11-16-18-14(19)10-20-6-8-21(9-7-20)15-17-12-4-2-3-5-13(12)22-15/h2-5,11H,6-10H2,1H3. The molecule has 0 atom stereocenters. The number of hydrogen-bond donors (Lipinski definition) is 0. The van der Waals surface area contributed by atoms with Gasteiger partial charge in [0.1, 0.15) is 17.7 Å². The van der Waals surface area contributed by atoms with E-state index < -0.39 is 0 Å². The Bertz CT molecular complexity index is 738. The van der Waals surface area contributed by atoms with Crippen LogP contribution in [0.5, 0.6) is 0 Å². The zero-order valence-corrected chi connectivity index (χ0v) is 12.5. The molecule has 114 valence electrons. The van der Waals surface area contributed by atoms with Gasteiger partial charge in [0.25, 0.3) is 6.01 Å². The first-order valence-electron chi connectivity index (χ1n) is 7.45. The van der Waals surface area contributed by atoms with Crippen molar-refractivity contribution in [3.63, 3.8) is 0 Å². The van der Waals surface area contributed by atoms with Crippen LogP contribution in [0.3, 0.4) is 0 Å². The smallest absolute Gasteiger partial charge is 0.298 e. The van der Waals surface area contributed by atoms with E-state index in [1.54, 1.807) is 6.33 Å². The fourth-order valence-electron chi connectivity index (χ4n) is 2.74. The number of piperazine rings is 1. The van der Waals surface area contributed by atoms with Crippen molar-refractivity contribution in [2.75, 3.05) is 31.1 Å². The summed E-state index contributed by atoms with van der Waals surface area (Å²) in [5.41, 5.74) is 1.76. The maximum Gasteiger partial charge on any atom is 0.298 e. The van der Waals surface area contributed by atoms with Crippen LogP contribution < -0.4 is 4.90 Å². The van der Waals surface area contributed by atoms with Crippen LogP contribution in [0.15, 0.2) is 35.0 Å². The van der Waals surface area contributed by atoms with Crippen molar-refractivity contribution in [2.24, 2.45) is 7.05 Å². The third-order valence-electron chi connectivity index (χ3n) is 4.10. The van der Waals surface area contributed by atoms with Gasteiger partial charge in [0.2, 0.25) is 0 Å². The van der Waals surface area contributed by atoms with Crippen molar-refractivity contribution in [1.82, 2.24) is 24.6 Å². The monoisotopic (exact) mass is 298 g/mol. The number of aryl methyl sites for hydroxylation is 1. The molecule has 0 spiro atoms. The third-order valence-corrected chi connectivity index (χ3v) is 4.10. The number of aromatic nitrogens is 4. The van der Waals surface area contributed by atoms with Crippen LogP contribution in [0.4, 0.5) is 6.01 Å². The summed E-state index contributed by atoms with van der Waals surface area (Å²) >= 11 is 0. The highest BCUT2D eigenvalue weighted by Crippen LogP contribution is 2.22. The van der Waals surface area contributed by atoms with E-state index >= 15 is 0 Å². The first-order chi connectivity index (χ1) is 10.8. The van der Waals surface area contributed by atoms with E-state index in [-0.39, 0.29) is 0 Å². The van der Waals surface area contributed by atoms with Crippen molar-refractivity contribution in [3.8, 4) is 0 Å². The molecule has 4 rings (SSSR count). The Morgan fingerprint density at radius 3 is 2.68 bits per heavy atom. The topological polar surface area (TPSA) is 63.2 Å². The second-order valence-corrected chi connectivity index (χ2v) is 5.59. The zero-order chi connectivity index (χ0) is 14.9. The number of fused-ring (bicyclic) bond motifs is 1. The molecule has 7 heteroatoms. The van der Waals surface area contributed by atoms with Crippen molar-refractivity contribution in [2.45, 2.75) is 6.54 Å². The van der Waals surface area contributed by atoms with E-state index in [0.29, 0.717) is 0 Å². The maximum atomic E-state index is 5.84. The van der Waals surface area contributed by atoms with E-state index in [9.17, 15) is 0 Å². The van der Waals surface area contributed by atoms with E-state index in [4.69, 9.17) is 4.42 Å². The molecule has 2 aromatic heterocycles. The van der Waals surface area contributed by atoms with Gasteiger partial charge >= 0.3 is 0 Å². The molecule has 0 radical (unpaired) electrons. The second kappa shape index (κ2) is 5.42. The van der Waals surface area contributed by atoms with Gasteiger partial charge in [-0.3, -0.25) is 4.90 Å². The van der Waals surface area contributed by atoms with Crippen molar-refractivity contribution < 1.29 is 4.42 Å². The van der Waals surface area contributed by atoms with Gasteiger partial charge in [-0.25, -0.2) is 0 Å². The highest BCUT2D eigenvalue weighted by molar-refractivity contribution is 5.74. The fraction of sp³-hybridized carbons (Fsp3) is 0.400. The van der Waals surface area contributed by atoms with Gasteiger partial charge in [-0.2, -0.15) is 4.98 Å². The van der Waals surface area contributed by atoms with Gasteiger partial charge in [-0.15, -0.1) is 10.2 Å². The third kappa shape index (κ3) is 2.43. The van der Waals surface area contributed by atoms with Crippen LogP contribution in [-0.4, -0.2) is 50.8 Å². The summed E-state index contributed by atoms with van der Waals surface area (Å²) in [5.74, 6) is 0.996. The highest BCUT2D eigenvalue weighted by atomic mass is 16.4. The Morgan fingerprint density at radius 1 is 1.14 bits per heavy atom. The molecule has 1 aliphatic rings. The lowest BCUT2D eigenvalue weighted by Crippen LogP contribution is -2.46. The first-order valence-corrected chi connectivity index (χ1v) is 7.45. The predicted octanol–water partition coefficient (Wildman–Crippen LogP) is 1.28. The molecule has 1 aliphatic heterocycles. The summed E-state index contributed by atoms with van der Waals surface area (Å²) in [6.45, 7) is 4.57. The van der Waals surface area contributed by atoms with E-state index in [1.807, 2.05) is 35.9 Å². The first kappa shape index (κ1) is 13.3. The van der Waals surface area contributed by atoms with Gasteiger partial charge in [0.15, 0.2) is 5.58 Å². The predicted molar refractivity (Wildman–Crippen MR) is 82.5 cm³/mol. The molecule has 0 unspecified atom stereocenters. The lowest BCUT2D eigenvalue weighted by atomic mass is 10.3. The molecule has 22 heavy (non-hydrogen) atoms. The molecular weight excluding hydrogens is 280 g/mol. The van der Waals surface area contributed by atoms with Crippen LogP contribution >= 0.6 is 0 Å². The fourth-order valence-corrected chi connectivity index (χ4v) is 2.74. The van der Waals surface area contributed by atoms with Gasteiger partial charge in [-0.05, 0) is 12.1 Å². The molecular formula is C15H18N6O. The number of benzene rings is 1. The summed E-state index contributed by atoms with van der Waals surface area (Å²) < 4.78 is 7.80. The number of para-hydroxylation sites is 2. The number of rotatable bonds is 3. The summed E-state index contributed by atoms with van der Waals surface area (Å²) in [6, 6.07) is 8.60. The minimum Gasteiger partial charge on any atom is -0.423 e. The van der Waals surface area contributed by atoms with Crippen LogP contribution in [0.2, 0.25) is 0 Å². The summed E-state index contributed by atoms with van der Waals surface area (Å²) in [7, 11) is 1.98. The number of hydrogen-bond acceptors (Lipinski definition) is 6. The Kier molecular flexibility index (Phi) is 3.27. The molecule has 1 aromatic carbocycles. The van der Waals surface area contributed by atoms with Crippen molar-refractivity contribution >= 4 is 17.1 Å². The number of oxazole rings is 1. The van der Waals surface area contributed by atoms with E-state index in [2.05, 4.69) is 25.0 Å². The van der Waals surface area contributed by atoms with E-state index in [0.717, 1.165) is 55.7 Å². The largest absolute Gasteiger partial charge is 0.423 e. The molecule has 0 N–H and O–H groups in total. The molecule has 0 saturated carbocycles. The molecule has 3 heterocycles. The average Bonchev–Trinajstić information content (AvgIpc) is 3.15. The minimum atomic E-state index is 0.722. The number of nitrogens with zero attached hydrogens (tertiary/aromatic N) is 6. The van der Waals surface area contributed by atoms with Gasteiger partial charge in [0.05, 0.1) is 6.54 Å².